The van der Waals surface area contributed by atoms with E-state index in [0.29, 0.717) is 13.0 Å². The first-order chi connectivity index (χ1) is 9.78. The fraction of sp³-hybridized carbons (Fsp3) is 0.188. The second-order valence-electron chi connectivity index (χ2n) is 4.23. The number of hydrogen-bond donors (Lipinski definition) is 1. The topological polar surface area (TPSA) is 38.3 Å². The highest BCUT2D eigenvalue weighted by atomic mass is 32.2. The molecule has 0 spiro atoms. The van der Waals surface area contributed by atoms with Crippen LogP contribution in [0.15, 0.2) is 64.4 Å². The van der Waals surface area contributed by atoms with E-state index in [9.17, 15) is 4.79 Å². The number of benzene rings is 2. The molecule has 2 aromatic carbocycles. The molecule has 4 heteroatoms. The third kappa shape index (κ3) is 4.72. The number of methoxy groups -OCH3 is 1. The van der Waals surface area contributed by atoms with Crippen LogP contribution in [0.4, 0.5) is 5.69 Å². The fourth-order valence-electron chi connectivity index (χ4n) is 1.68. The Morgan fingerprint density at radius 1 is 1.10 bits per heavy atom. The summed E-state index contributed by atoms with van der Waals surface area (Å²) in [6.07, 6.45) is 0.368. The van der Waals surface area contributed by atoms with Gasteiger partial charge in [-0.25, -0.2) is 0 Å². The molecule has 0 aliphatic heterocycles. The van der Waals surface area contributed by atoms with E-state index in [0.717, 1.165) is 10.6 Å². The highest BCUT2D eigenvalue weighted by Crippen LogP contribution is 2.28. The Morgan fingerprint density at radius 3 is 2.60 bits per heavy atom. The molecule has 104 valence electrons. The molecule has 0 heterocycles. The van der Waals surface area contributed by atoms with Crippen molar-refractivity contribution in [3.8, 4) is 0 Å². The average molecular weight is 287 g/mol. The molecule has 2 rings (SSSR count). The smallest absolute Gasteiger partial charge is 0.226 e. The lowest BCUT2D eigenvalue weighted by Crippen LogP contribution is -2.13. The summed E-state index contributed by atoms with van der Waals surface area (Å²) in [5, 5.41) is 2.87. The Balaban J connectivity index is 1.99. The van der Waals surface area contributed by atoms with Crippen molar-refractivity contribution in [2.75, 3.05) is 19.0 Å². The van der Waals surface area contributed by atoms with Crippen LogP contribution in [0.5, 0.6) is 0 Å². The van der Waals surface area contributed by atoms with Gasteiger partial charge in [0.2, 0.25) is 5.91 Å². The highest BCUT2D eigenvalue weighted by Gasteiger charge is 2.03. The molecule has 0 unspecified atom stereocenters. The van der Waals surface area contributed by atoms with Crippen LogP contribution in [0.2, 0.25) is 0 Å². The van der Waals surface area contributed by atoms with Gasteiger partial charge in [-0.2, -0.15) is 0 Å². The number of anilines is 1. The third-order valence-electron chi connectivity index (χ3n) is 2.63. The molecule has 0 fully saturated rings. The van der Waals surface area contributed by atoms with E-state index in [2.05, 4.69) is 17.4 Å². The number of carbonyl (C=O) groups excluding carboxylic acids is 1. The van der Waals surface area contributed by atoms with Gasteiger partial charge in [0.15, 0.2) is 0 Å². The van der Waals surface area contributed by atoms with E-state index < -0.39 is 0 Å². The number of carbonyl (C=O) groups is 1. The first-order valence-electron chi connectivity index (χ1n) is 6.39. The van der Waals surface area contributed by atoms with Crippen molar-refractivity contribution in [2.45, 2.75) is 16.2 Å². The molecule has 2 aromatic rings. The predicted molar refractivity (Wildman–Crippen MR) is 82.1 cm³/mol. The number of rotatable bonds is 6. The minimum Gasteiger partial charge on any atom is -0.384 e. The van der Waals surface area contributed by atoms with Gasteiger partial charge in [0.25, 0.3) is 0 Å². The van der Waals surface area contributed by atoms with Crippen LogP contribution in [0, 0.1) is 0 Å². The molecule has 0 aliphatic rings. The normalized spacial score (nSPS) is 10.2. The van der Waals surface area contributed by atoms with Crippen LogP contribution in [0.3, 0.4) is 0 Å². The maximum Gasteiger partial charge on any atom is 0.226 e. The predicted octanol–water partition coefficient (Wildman–Crippen LogP) is 3.81. The van der Waals surface area contributed by atoms with Crippen LogP contribution in [-0.2, 0) is 9.53 Å². The quantitative estimate of drug-likeness (QED) is 0.878. The van der Waals surface area contributed by atoms with Gasteiger partial charge in [0.05, 0.1) is 13.0 Å². The standard InChI is InChI=1S/C16H17NO2S/c1-19-11-10-16(18)17-13-6-5-9-15(12-13)20-14-7-3-2-4-8-14/h2-9,12H,10-11H2,1H3,(H,17,18). The third-order valence-corrected chi connectivity index (χ3v) is 3.63. The summed E-state index contributed by atoms with van der Waals surface area (Å²) in [6.45, 7) is 0.435. The van der Waals surface area contributed by atoms with Gasteiger partial charge in [0, 0.05) is 22.6 Å². The van der Waals surface area contributed by atoms with Gasteiger partial charge in [-0.05, 0) is 30.3 Å². The molecule has 0 radical (unpaired) electrons. The summed E-state index contributed by atoms with van der Waals surface area (Å²) >= 11 is 1.67. The lowest BCUT2D eigenvalue weighted by molar-refractivity contribution is -0.117. The van der Waals surface area contributed by atoms with Crippen molar-refractivity contribution < 1.29 is 9.53 Å². The molecule has 3 nitrogen and oxygen atoms in total. The molecule has 0 bridgehead atoms. The number of amides is 1. The number of nitrogens with one attached hydrogen (secondary N) is 1. The van der Waals surface area contributed by atoms with Gasteiger partial charge >= 0.3 is 0 Å². The average Bonchev–Trinajstić information content (AvgIpc) is 2.46. The van der Waals surface area contributed by atoms with Gasteiger partial charge in [-0.3, -0.25) is 4.79 Å². The van der Waals surface area contributed by atoms with E-state index in [1.807, 2.05) is 42.5 Å². The minimum absolute atomic E-state index is 0.0336. The zero-order valence-electron chi connectivity index (χ0n) is 11.3. The lowest BCUT2D eigenvalue weighted by Gasteiger charge is -2.07. The van der Waals surface area contributed by atoms with Crippen molar-refractivity contribution >= 4 is 23.4 Å². The zero-order chi connectivity index (χ0) is 14.2. The van der Waals surface area contributed by atoms with Gasteiger partial charge in [0.1, 0.15) is 0 Å². The van der Waals surface area contributed by atoms with Gasteiger partial charge < -0.3 is 10.1 Å². The van der Waals surface area contributed by atoms with E-state index in [1.165, 1.54) is 4.90 Å². The van der Waals surface area contributed by atoms with Crippen molar-refractivity contribution in [3.05, 3.63) is 54.6 Å². The summed E-state index contributed by atoms with van der Waals surface area (Å²) in [7, 11) is 1.59. The Labute approximate surface area is 123 Å². The highest BCUT2D eigenvalue weighted by molar-refractivity contribution is 7.99. The second kappa shape index (κ2) is 7.72. The Morgan fingerprint density at radius 2 is 1.85 bits per heavy atom. The first kappa shape index (κ1) is 14.6. The second-order valence-corrected chi connectivity index (χ2v) is 5.38. The lowest BCUT2D eigenvalue weighted by atomic mass is 10.3. The van der Waals surface area contributed by atoms with Crippen LogP contribution in [0.1, 0.15) is 6.42 Å². The minimum atomic E-state index is -0.0336. The first-order valence-corrected chi connectivity index (χ1v) is 7.21. The maximum atomic E-state index is 11.6. The molecule has 20 heavy (non-hydrogen) atoms. The molecule has 0 aromatic heterocycles. The van der Waals surface area contributed by atoms with E-state index in [-0.39, 0.29) is 5.91 Å². The van der Waals surface area contributed by atoms with Gasteiger partial charge in [-0.15, -0.1) is 0 Å². The van der Waals surface area contributed by atoms with E-state index in [4.69, 9.17) is 4.74 Å². The fourth-order valence-corrected chi connectivity index (χ4v) is 2.58. The summed E-state index contributed by atoms with van der Waals surface area (Å²) in [5.41, 5.74) is 0.812. The molecule has 1 amide bonds. The molecule has 1 N–H and O–H groups in total. The SMILES string of the molecule is COCCC(=O)Nc1cccc(Sc2ccccc2)c1. The van der Waals surface area contributed by atoms with Crippen LogP contribution < -0.4 is 5.32 Å². The number of ether oxygens (including phenoxy) is 1. The van der Waals surface area contributed by atoms with Crippen molar-refractivity contribution in [1.29, 1.82) is 0 Å². The molecule has 0 atom stereocenters. The molecule has 0 saturated heterocycles. The molecule has 0 saturated carbocycles. The summed E-state index contributed by atoms with van der Waals surface area (Å²) in [4.78, 5) is 13.9. The van der Waals surface area contributed by atoms with E-state index in [1.54, 1.807) is 18.9 Å². The molecular formula is C16H17NO2S. The van der Waals surface area contributed by atoms with Crippen LogP contribution in [0.25, 0.3) is 0 Å². The van der Waals surface area contributed by atoms with Crippen molar-refractivity contribution in [3.63, 3.8) is 0 Å². The zero-order valence-corrected chi connectivity index (χ0v) is 12.2. The molecule has 0 aliphatic carbocycles. The Bertz CT molecular complexity index is 557. The van der Waals surface area contributed by atoms with Crippen LogP contribution in [-0.4, -0.2) is 19.6 Å². The summed E-state index contributed by atoms with van der Waals surface area (Å²) in [5.74, 6) is -0.0336. The van der Waals surface area contributed by atoms with Gasteiger partial charge in [-0.1, -0.05) is 36.0 Å². The molecular weight excluding hydrogens is 270 g/mol. The summed E-state index contributed by atoms with van der Waals surface area (Å²) in [6, 6.07) is 18.0. The Hall–Kier alpha value is -1.78. The van der Waals surface area contributed by atoms with E-state index >= 15 is 0 Å². The van der Waals surface area contributed by atoms with Crippen molar-refractivity contribution in [2.24, 2.45) is 0 Å². The number of hydrogen-bond acceptors (Lipinski definition) is 3. The largest absolute Gasteiger partial charge is 0.384 e. The summed E-state index contributed by atoms with van der Waals surface area (Å²) < 4.78 is 4.89. The monoisotopic (exact) mass is 287 g/mol. The Kier molecular flexibility index (Phi) is 5.65. The maximum absolute atomic E-state index is 11.6. The van der Waals surface area contributed by atoms with Crippen molar-refractivity contribution in [1.82, 2.24) is 0 Å². The van der Waals surface area contributed by atoms with Crippen LogP contribution >= 0.6 is 11.8 Å².